The second-order valence-corrected chi connectivity index (χ2v) is 4.74. The van der Waals surface area contributed by atoms with Crippen LogP contribution in [0, 0.1) is 12.7 Å². The normalized spacial score (nSPS) is 11.0. The fraction of sp³-hybridized carbons (Fsp3) is 0.200. The number of aromatic nitrogens is 2. The van der Waals surface area contributed by atoms with Crippen molar-refractivity contribution in [1.82, 2.24) is 15.3 Å². The highest BCUT2D eigenvalue weighted by Crippen LogP contribution is 2.25. The first-order chi connectivity index (χ1) is 10.1. The maximum absolute atomic E-state index is 13.2. The zero-order valence-corrected chi connectivity index (χ0v) is 11.4. The number of aryl methyl sites for hydroxylation is 1. The standard InChI is InChI=1S/C15H14FN3O2/c1-9-11-8-10(16)2-3-12(11)21-14(9)15(20)19-5-4-13-17-6-7-18-13/h2-3,6-8H,4-5H2,1H3,(H,17,18)(H,19,20). The molecule has 0 fully saturated rings. The van der Waals surface area contributed by atoms with Gasteiger partial charge in [-0.1, -0.05) is 0 Å². The first-order valence-electron chi connectivity index (χ1n) is 6.60. The van der Waals surface area contributed by atoms with Crippen LogP contribution in [0.5, 0.6) is 0 Å². The predicted molar refractivity (Wildman–Crippen MR) is 75.5 cm³/mol. The SMILES string of the molecule is Cc1c(C(=O)NCCc2ncc[nH]2)oc2ccc(F)cc12. The minimum atomic E-state index is -0.351. The van der Waals surface area contributed by atoms with Crippen LogP contribution in [0.25, 0.3) is 11.0 Å². The zero-order valence-electron chi connectivity index (χ0n) is 11.4. The van der Waals surface area contributed by atoms with Gasteiger partial charge in [-0.05, 0) is 25.1 Å². The molecule has 2 N–H and O–H groups in total. The molecule has 21 heavy (non-hydrogen) atoms. The van der Waals surface area contributed by atoms with Crippen molar-refractivity contribution in [3.8, 4) is 0 Å². The van der Waals surface area contributed by atoms with Gasteiger partial charge in [0.25, 0.3) is 5.91 Å². The molecule has 2 aromatic heterocycles. The van der Waals surface area contributed by atoms with Crippen LogP contribution < -0.4 is 5.32 Å². The minimum Gasteiger partial charge on any atom is -0.451 e. The minimum absolute atomic E-state index is 0.218. The van der Waals surface area contributed by atoms with E-state index in [9.17, 15) is 9.18 Å². The summed E-state index contributed by atoms with van der Waals surface area (Å²) >= 11 is 0. The van der Waals surface area contributed by atoms with Crippen molar-refractivity contribution < 1.29 is 13.6 Å². The van der Waals surface area contributed by atoms with Crippen LogP contribution in [0.3, 0.4) is 0 Å². The average molecular weight is 287 g/mol. The Bertz CT molecular complexity index is 778. The van der Waals surface area contributed by atoms with Gasteiger partial charge in [0.2, 0.25) is 0 Å². The Kier molecular flexibility index (Phi) is 3.43. The van der Waals surface area contributed by atoms with Gasteiger partial charge in [0.1, 0.15) is 17.2 Å². The summed E-state index contributed by atoms with van der Waals surface area (Å²) in [6.07, 6.45) is 4.00. The number of H-pyrrole nitrogens is 1. The number of fused-ring (bicyclic) bond motifs is 1. The molecule has 0 aliphatic carbocycles. The number of hydrogen-bond acceptors (Lipinski definition) is 3. The number of carbonyl (C=O) groups is 1. The molecule has 0 atom stereocenters. The Morgan fingerprint density at radius 1 is 1.48 bits per heavy atom. The van der Waals surface area contributed by atoms with Gasteiger partial charge in [-0.25, -0.2) is 9.37 Å². The van der Waals surface area contributed by atoms with Gasteiger partial charge in [0.05, 0.1) is 0 Å². The van der Waals surface area contributed by atoms with Crippen molar-refractivity contribution in [3.63, 3.8) is 0 Å². The summed E-state index contributed by atoms with van der Waals surface area (Å²) in [5.41, 5.74) is 1.14. The molecular formula is C15H14FN3O2. The molecule has 108 valence electrons. The average Bonchev–Trinajstić information content (AvgIpc) is 3.08. The number of nitrogens with zero attached hydrogens (tertiary/aromatic N) is 1. The molecule has 0 bridgehead atoms. The number of imidazole rings is 1. The van der Waals surface area contributed by atoms with Gasteiger partial charge in [-0.15, -0.1) is 0 Å². The Morgan fingerprint density at radius 2 is 2.33 bits per heavy atom. The highest BCUT2D eigenvalue weighted by molar-refractivity contribution is 5.98. The van der Waals surface area contributed by atoms with Crippen molar-refractivity contribution >= 4 is 16.9 Å². The van der Waals surface area contributed by atoms with E-state index >= 15 is 0 Å². The maximum Gasteiger partial charge on any atom is 0.287 e. The number of halogens is 1. The summed E-state index contributed by atoms with van der Waals surface area (Å²) in [7, 11) is 0. The zero-order chi connectivity index (χ0) is 14.8. The fourth-order valence-corrected chi connectivity index (χ4v) is 2.22. The van der Waals surface area contributed by atoms with E-state index in [0.29, 0.717) is 29.5 Å². The van der Waals surface area contributed by atoms with Crippen molar-refractivity contribution in [2.75, 3.05) is 6.54 Å². The largest absolute Gasteiger partial charge is 0.451 e. The maximum atomic E-state index is 13.2. The van der Waals surface area contributed by atoms with Gasteiger partial charge in [-0.2, -0.15) is 0 Å². The molecule has 1 aromatic carbocycles. The lowest BCUT2D eigenvalue weighted by molar-refractivity contribution is 0.0927. The highest BCUT2D eigenvalue weighted by Gasteiger charge is 2.17. The van der Waals surface area contributed by atoms with Crippen LogP contribution in [0.1, 0.15) is 21.9 Å². The van der Waals surface area contributed by atoms with Crippen molar-refractivity contribution in [1.29, 1.82) is 0 Å². The number of carbonyl (C=O) groups excluding carboxylic acids is 1. The Hall–Kier alpha value is -2.63. The topological polar surface area (TPSA) is 70.9 Å². The van der Waals surface area contributed by atoms with E-state index in [1.807, 2.05) is 0 Å². The fourth-order valence-electron chi connectivity index (χ4n) is 2.22. The van der Waals surface area contributed by atoms with E-state index in [1.54, 1.807) is 19.3 Å². The summed E-state index contributed by atoms with van der Waals surface area (Å²) in [6.45, 7) is 2.18. The van der Waals surface area contributed by atoms with Crippen LogP contribution in [0.2, 0.25) is 0 Å². The van der Waals surface area contributed by atoms with Crippen LogP contribution in [-0.2, 0) is 6.42 Å². The molecule has 3 rings (SSSR count). The second-order valence-electron chi connectivity index (χ2n) is 4.74. The number of furan rings is 1. The molecular weight excluding hydrogens is 273 g/mol. The molecule has 0 saturated heterocycles. The molecule has 0 radical (unpaired) electrons. The van der Waals surface area contributed by atoms with Crippen LogP contribution in [0.15, 0.2) is 35.0 Å². The lowest BCUT2D eigenvalue weighted by atomic mass is 10.1. The van der Waals surface area contributed by atoms with E-state index in [-0.39, 0.29) is 17.5 Å². The number of benzene rings is 1. The van der Waals surface area contributed by atoms with Gasteiger partial charge >= 0.3 is 0 Å². The van der Waals surface area contributed by atoms with E-state index in [0.717, 1.165) is 5.82 Å². The molecule has 0 saturated carbocycles. The number of hydrogen-bond donors (Lipinski definition) is 2. The number of aromatic amines is 1. The smallest absolute Gasteiger partial charge is 0.287 e. The molecule has 5 nitrogen and oxygen atoms in total. The number of rotatable bonds is 4. The van der Waals surface area contributed by atoms with Crippen molar-refractivity contribution in [2.45, 2.75) is 13.3 Å². The third kappa shape index (κ3) is 2.65. The number of amides is 1. The van der Waals surface area contributed by atoms with Gasteiger partial charge in [-0.3, -0.25) is 4.79 Å². The van der Waals surface area contributed by atoms with Crippen LogP contribution >= 0.6 is 0 Å². The van der Waals surface area contributed by atoms with Gasteiger partial charge < -0.3 is 14.7 Å². The highest BCUT2D eigenvalue weighted by atomic mass is 19.1. The Balaban J connectivity index is 1.73. The lowest BCUT2D eigenvalue weighted by Crippen LogP contribution is -2.26. The third-order valence-electron chi connectivity index (χ3n) is 3.31. The molecule has 1 amide bonds. The van der Waals surface area contributed by atoms with Gasteiger partial charge in [0, 0.05) is 36.3 Å². The van der Waals surface area contributed by atoms with E-state index in [4.69, 9.17) is 4.42 Å². The van der Waals surface area contributed by atoms with Gasteiger partial charge in [0.15, 0.2) is 5.76 Å². The summed E-state index contributed by atoms with van der Waals surface area (Å²) in [6, 6.07) is 4.20. The molecule has 0 aliphatic rings. The first-order valence-corrected chi connectivity index (χ1v) is 6.60. The molecule has 0 aliphatic heterocycles. The summed E-state index contributed by atoms with van der Waals surface area (Å²) in [5, 5.41) is 3.38. The van der Waals surface area contributed by atoms with E-state index in [2.05, 4.69) is 15.3 Å². The molecule has 2 heterocycles. The first kappa shape index (κ1) is 13.4. The molecule has 6 heteroatoms. The summed E-state index contributed by atoms with van der Waals surface area (Å²) < 4.78 is 18.7. The second kappa shape index (κ2) is 5.40. The Labute approximate surface area is 120 Å². The molecule has 0 spiro atoms. The monoisotopic (exact) mass is 287 g/mol. The van der Waals surface area contributed by atoms with E-state index in [1.165, 1.54) is 18.2 Å². The molecule has 0 unspecified atom stereocenters. The van der Waals surface area contributed by atoms with Crippen LogP contribution in [-0.4, -0.2) is 22.4 Å². The number of nitrogens with one attached hydrogen (secondary N) is 2. The summed E-state index contributed by atoms with van der Waals surface area (Å²) in [5.74, 6) is 0.362. The lowest BCUT2D eigenvalue weighted by Gasteiger charge is -2.02. The van der Waals surface area contributed by atoms with Crippen molar-refractivity contribution in [2.24, 2.45) is 0 Å². The predicted octanol–water partition coefficient (Wildman–Crippen LogP) is 2.58. The third-order valence-corrected chi connectivity index (χ3v) is 3.31. The quantitative estimate of drug-likeness (QED) is 0.774. The van der Waals surface area contributed by atoms with E-state index < -0.39 is 0 Å². The van der Waals surface area contributed by atoms with Crippen molar-refractivity contribution in [3.05, 3.63) is 53.6 Å². The Morgan fingerprint density at radius 3 is 3.10 bits per heavy atom. The van der Waals surface area contributed by atoms with Crippen LogP contribution in [0.4, 0.5) is 4.39 Å². The summed E-state index contributed by atoms with van der Waals surface area (Å²) in [4.78, 5) is 19.2. The molecule has 3 aromatic rings.